The molecule has 2 N–H and O–H groups in total. The molecule has 0 saturated heterocycles. The highest BCUT2D eigenvalue weighted by Gasteiger charge is 2.28. The topological polar surface area (TPSA) is 197 Å². The Morgan fingerprint density at radius 1 is 0.430 bits per heavy atom. The number of phenolic OH excluding ortho intramolecular Hbond substituents is 2. The molecule has 0 unspecified atom stereocenters. The summed E-state index contributed by atoms with van der Waals surface area (Å²) in [7, 11) is 0. The van der Waals surface area contributed by atoms with Crippen molar-refractivity contribution in [1.82, 2.24) is 19.9 Å². The van der Waals surface area contributed by atoms with Crippen molar-refractivity contribution in [2.45, 2.75) is 145 Å². The van der Waals surface area contributed by atoms with Gasteiger partial charge in [0.05, 0.1) is 60.2 Å². The van der Waals surface area contributed by atoms with Gasteiger partial charge in [0.1, 0.15) is 36.2 Å². The third kappa shape index (κ3) is 15.1. The van der Waals surface area contributed by atoms with Crippen LogP contribution in [0.3, 0.4) is 0 Å². The number of aromatic hydroxyl groups is 2. The molecule has 0 radical (unpaired) electrons. The molecule has 14 nitrogen and oxygen atoms in total. The Bertz CT molecular complexity index is 3530. The lowest BCUT2D eigenvalue weighted by atomic mass is 9.81. The number of ketones is 2. The molecule has 1 aliphatic carbocycles. The number of ether oxygens (including phenoxy) is 4. The smallest absolute Gasteiger partial charge is 0.306 e. The van der Waals surface area contributed by atoms with E-state index in [-0.39, 0.29) is 101 Å². The monoisotopic (exact) mass is 1160 g/mol. The maximum absolute atomic E-state index is 14.5. The van der Waals surface area contributed by atoms with Crippen LogP contribution in [0, 0.1) is 13.8 Å². The predicted molar refractivity (Wildman–Crippen MR) is 331 cm³/mol. The minimum absolute atomic E-state index is 0.00915. The molecule has 14 heteroatoms. The number of phenols is 2. The van der Waals surface area contributed by atoms with Crippen molar-refractivity contribution in [3.63, 3.8) is 0 Å². The normalized spacial score (nSPS) is 12.3. The summed E-state index contributed by atoms with van der Waals surface area (Å²) in [6, 6.07) is 37.9. The average molecular weight is 1160 g/mol. The standard InChI is InChI=1S/C72H76N4O10/c1-11-83-65(79)27-25-63(77)45-29-51-33-47-37-55(71(5,6)7)39-49(67(47)81)35-53-31-46(64(78)26-28-66(80)84-12-2)32-54(70(53)86-42-58-20-16-24-62(76-58)60-22-14-18-44(4)74-60)36-50-40-56(72(8,9)10)38-48(68(50)82)34-52(30-45)69(51)85-41-57-19-15-23-61(75-57)59-21-13-17-43(3)73-59/h13-24,29-32,37-40,81-82H,11-12,25-28,33-36,41-42H2,1-10H3. The molecular weight excluding hydrogens is 1080 g/mol. The summed E-state index contributed by atoms with van der Waals surface area (Å²) >= 11 is 0. The SMILES string of the molecule is CCOC(=O)CCC(=O)c1cc2c(OCc3cccc(-c4cccc(C)n4)n3)c(c1)Cc1cc(C(C)(C)C)cc(c1O)Cc1cc(C(=O)CCC(=O)OCC)cc(c1OCc1cccc(-c3cccc(C)n3)n1)Cc1cc(C(C)(C)C)cc(c1O)C2. The molecule has 0 saturated carbocycles. The van der Waals surface area contributed by atoms with Gasteiger partial charge in [-0.2, -0.15) is 0 Å². The maximum atomic E-state index is 14.5. The van der Waals surface area contributed by atoms with E-state index in [4.69, 9.17) is 38.9 Å². The minimum Gasteiger partial charge on any atom is -0.507 e. The molecule has 0 amide bonds. The van der Waals surface area contributed by atoms with Gasteiger partial charge >= 0.3 is 11.9 Å². The van der Waals surface area contributed by atoms with Crippen LogP contribution in [0.4, 0.5) is 0 Å². The van der Waals surface area contributed by atoms with Crippen molar-refractivity contribution in [3.8, 4) is 45.8 Å². The summed E-state index contributed by atoms with van der Waals surface area (Å²) in [6.45, 7) is 20.2. The molecule has 86 heavy (non-hydrogen) atoms. The van der Waals surface area contributed by atoms with Crippen molar-refractivity contribution in [3.05, 3.63) is 211 Å². The van der Waals surface area contributed by atoms with Gasteiger partial charge in [-0.25, -0.2) is 9.97 Å². The Morgan fingerprint density at radius 3 is 1.05 bits per heavy atom. The van der Waals surface area contributed by atoms with Gasteiger partial charge in [0.25, 0.3) is 0 Å². The number of hydrogen-bond acceptors (Lipinski definition) is 14. The van der Waals surface area contributed by atoms with Crippen LogP contribution in [0.5, 0.6) is 23.0 Å². The average Bonchev–Trinajstić information content (AvgIpc) is 1.72. The fourth-order valence-electron chi connectivity index (χ4n) is 10.7. The number of esters is 2. The van der Waals surface area contributed by atoms with Crippen molar-refractivity contribution >= 4 is 23.5 Å². The second kappa shape index (κ2) is 26.5. The number of carbonyl (C=O) groups is 4. The molecule has 1 aliphatic rings. The highest BCUT2D eigenvalue weighted by molar-refractivity contribution is 5.99. The lowest BCUT2D eigenvalue weighted by Gasteiger charge is -2.26. The Hall–Kier alpha value is -9.04. The van der Waals surface area contributed by atoms with E-state index < -0.39 is 22.8 Å². The Kier molecular flexibility index (Phi) is 18.9. The van der Waals surface area contributed by atoms with E-state index in [1.165, 1.54) is 0 Å². The molecule has 4 aromatic heterocycles. The van der Waals surface area contributed by atoms with Gasteiger partial charge in [0.2, 0.25) is 0 Å². The third-order valence-electron chi connectivity index (χ3n) is 15.3. The van der Waals surface area contributed by atoms with Crippen LogP contribution in [-0.2, 0) is 68.8 Å². The number of nitrogens with zero attached hydrogens (tertiary/aromatic N) is 4. The molecule has 8 bridgehead atoms. The van der Waals surface area contributed by atoms with Crippen molar-refractivity contribution in [2.24, 2.45) is 0 Å². The first-order chi connectivity index (χ1) is 41.0. The number of carbonyl (C=O) groups excluding carboxylic acids is 4. The number of aryl methyl sites for hydroxylation is 2. The lowest BCUT2D eigenvalue weighted by Crippen LogP contribution is -2.15. The van der Waals surface area contributed by atoms with Crippen LogP contribution in [0.1, 0.15) is 180 Å². The van der Waals surface area contributed by atoms with Crippen LogP contribution < -0.4 is 9.47 Å². The summed E-state index contributed by atoms with van der Waals surface area (Å²) in [5, 5.41) is 25.9. The zero-order valence-electron chi connectivity index (χ0n) is 51.0. The first-order valence-electron chi connectivity index (χ1n) is 29.5. The molecule has 0 aliphatic heterocycles. The highest BCUT2D eigenvalue weighted by atomic mass is 16.5. The number of hydrogen-bond donors (Lipinski definition) is 2. The number of Topliss-reactive ketones (excluding diaryl/α,β-unsaturated/α-hetero) is 2. The fraction of sp³-hybridized carbons (Fsp3) is 0.333. The minimum atomic E-state index is -0.487. The van der Waals surface area contributed by atoms with Crippen molar-refractivity contribution < 1.29 is 48.3 Å². The van der Waals surface area contributed by atoms with Crippen molar-refractivity contribution in [1.29, 1.82) is 0 Å². The first kappa shape index (κ1) is 61.5. The molecular formula is C72H76N4O10. The molecule has 0 atom stereocenters. The number of aromatic nitrogens is 4. The number of fused-ring (bicyclic) bond motifs is 8. The quantitative estimate of drug-likeness (QED) is 0.0608. The van der Waals surface area contributed by atoms with E-state index in [1.54, 1.807) is 38.1 Å². The largest absolute Gasteiger partial charge is 0.507 e. The van der Waals surface area contributed by atoms with Crippen LogP contribution in [-0.4, -0.2) is 66.9 Å². The molecule has 0 fully saturated rings. The van der Waals surface area contributed by atoms with E-state index in [9.17, 15) is 29.4 Å². The van der Waals surface area contributed by atoms with E-state index in [2.05, 4.69) is 41.5 Å². The third-order valence-corrected chi connectivity index (χ3v) is 15.3. The molecule has 4 aromatic carbocycles. The number of pyridine rings is 4. The summed E-state index contributed by atoms with van der Waals surface area (Å²) in [6.07, 6.45) is -0.196. The highest BCUT2D eigenvalue weighted by Crippen LogP contribution is 2.43. The summed E-state index contributed by atoms with van der Waals surface area (Å²) in [5.74, 6) is -0.717. The van der Waals surface area contributed by atoms with E-state index in [0.717, 1.165) is 22.5 Å². The van der Waals surface area contributed by atoms with Gasteiger partial charge < -0.3 is 29.2 Å². The zero-order chi connectivity index (χ0) is 61.5. The second-order valence-corrected chi connectivity index (χ2v) is 24.1. The Labute approximate surface area is 504 Å². The molecule has 444 valence electrons. The Morgan fingerprint density at radius 2 is 0.744 bits per heavy atom. The maximum Gasteiger partial charge on any atom is 0.306 e. The zero-order valence-corrected chi connectivity index (χ0v) is 51.0. The van der Waals surface area contributed by atoms with Crippen LogP contribution in [0.15, 0.2) is 121 Å². The molecule has 0 spiro atoms. The van der Waals surface area contributed by atoms with Gasteiger partial charge in [0, 0.05) is 61.0 Å². The summed E-state index contributed by atoms with van der Waals surface area (Å²) in [4.78, 5) is 73.9. The van der Waals surface area contributed by atoms with Crippen LogP contribution in [0.2, 0.25) is 0 Å². The van der Waals surface area contributed by atoms with Gasteiger partial charge in [-0.15, -0.1) is 0 Å². The molecule has 8 aromatic rings. The summed E-state index contributed by atoms with van der Waals surface area (Å²) < 4.78 is 24.5. The van der Waals surface area contributed by atoms with Crippen LogP contribution in [0.25, 0.3) is 22.8 Å². The van der Waals surface area contributed by atoms with E-state index >= 15 is 0 Å². The van der Waals surface area contributed by atoms with Crippen molar-refractivity contribution in [2.75, 3.05) is 13.2 Å². The summed E-state index contributed by atoms with van der Waals surface area (Å²) in [5.41, 5.74) is 11.7. The number of rotatable bonds is 18. The van der Waals surface area contributed by atoms with E-state index in [0.29, 0.717) is 101 Å². The van der Waals surface area contributed by atoms with Gasteiger partial charge in [-0.1, -0.05) is 90.1 Å². The fourth-order valence-corrected chi connectivity index (χ4v) is 10.7. The van der Waals surface area contributed by atoms with Gasteiger partial charge in [0.15, 0.2) is 11.6 Å². The second-order valence-electron chi connectivity index (χ2n) is 24.1. The van der Waals surface area contributed by atoms with Gasteiger partial charge in [-0.05, 0) is 167 Å². The predicted octanol–water partition coefficient (Wildman–Crippen LogP) is 14.1. The molecule has 4 heterocycles. The first-order valence-corrected chi connectivity index (χ1v) is 29.5. The van der Waals surface area contributed by atoms with Gasteiger partial charge in [-0.3, -0.25) is 29.1 Å². The van der Waals surface area contributed by atoms with E-state index in [1.807, 2.05) is 111 Å². The van der Waals surface area contributed by atoms with Crippen LogP contribution >= 0.6 is 0 Å². The lowest BCUT2D eigenvalue weighted by molar-refractivity contribution is -0.143. The molecule has 9 rings (SSSR count). The number of benzene rings is 4. The Balaban J connectivity index is 1.27.